The number of carbonyl (C=O) groups is 2. The molecule has 1 aliphatic carbocycles. The topological polar surface area (TPSA) is 67.4 Å². The summed E-state index contributed by atoms with van der Waals surface area (Å²) in [5, 5.41) is 5.80. The fraction of sp³-hybridized carbons (Fsp3) is 0.579. The van der Waals surface area contributed by atoms with Crippen molar-refractivity contribution >= 4 is 12.0 Å². The Bertz CT molecular complexity index is 511. The molecule has 0 spiro atoms. The van der Waals surface area contributed by atoms with Gasteiger partial charge in [-0.2, -0.15) is 0 Å². The number of hydrogen-bond acceptors (Lipinski definition) is 3. The Kier molecular flexibility index (Phi) is 7.59. The number of urea groups is 1. The zero-order valence-electron chi connectivity index (χ0n) is 14.4. The first-order valence-electron chi connectivity index (χ1n) is 8.88. The minimum atomic E-state index is -0.675. The lowest BCUT2D eigenvalue weighted by molar-refractivity contribution is -0.142. The van der Waals surface area contributed by atoms with Gasteiger partial charge in [0.1, 0.15) is 6.04 Å². The van der Waals surface area contributed by atoms with Crippen LogP contribution in [-0.2, 0) is 16.0 Å². The second kappa shape index (κ2) is 9.96. The maximum Gasteiger partial charge on any atom is 0.328 e. The standard InChI is InChI=1S/C19H28N2O3/c1-24-18(22)17(14-15-10-6-5-7-11-15)21-19(23)20-16-12-8-3-2-4-9-13-16/h5-7,10-11,16-17H,2-4,8-9,12-14H2,1H3,(H2,20,21,23). The Morgan fingerprint density at radius 1 is 1.08 bits per heavy atom. The van der Waals surface area contributed by atoms with E-state index in [1.54, 1.807) is 0 Å². The normalized spacial score (nSPS) is 17.2. The van der Waals surface area contributed by atoms with E-state index in [1.165, 1.54) is 26.4 Å². The van der Waals surface area contributed by atoms with Crippen LogP contribution in [0.4, 0.5) is 4.79 Å². The molecular weight excluding hydrogens is 304 g/mol. The summed E-state index contributed by atoms with van der Waals surface area (Å²) in [4.78, 5) is 24.3. The van der Waals surface area contributed by atoms with Crippen LogP contribution in [0.25, 0.3) is 0 Å². The Labute approximate surface area is 144 Å². The van der Waals surface area contributed by atoms with E-state index in [2.05, 4.69) is 10.6 Å². The number of methoxy groups -OCH3 is 1. The second-order valence-electron chi connectivity index (χ2n) is 6.43. The third-order valence-electron chi connectivity index (χ3n) is 4.51. The monoisotopic (exact) mass is 332 g/mol. The molecule has 1 atom stereocenters. The summed E-state index contributed by atoms with van der Waals surface area (Å²) in [5.41, 5.74) is 0.985. The van der Waals surface area contributed by atoms with E-state index in [4.69, 9.17) is 4.74 Å². The molecule has 2 amide bonds. The highest BCUT2D eigenvalue weighted by molar-refractivity contribution is 5.83. The van der Waals surface area contributed by atoms with Crippen LogP contribution in [0.2, 0.25) is 0 Å². The second-order valence-corrected chi connectivity index (χ2v) is 6.43. The van der Waals surface area contributed by atoms with Crippen molar-refractivity contribution < 1.29 is 14.3 Å². The molecule has 0 bridgehead atoms. The van der Waals surface area contributed by atoms with Crippen molar-refractivity contribution in [1.82, 2.24) is 10.6 Å². The third kappa shape index (κ3) is 6.22. The molecule has 132 valence electrons. The minimum Gasteiger partial charge on any atom is -0.467 e. The SMILES string of the molecule is COC(=O)C(Cc1ccccc1)NC(=O)NC1CCCCCCC1. The van der Waals surface area contributed by atoms with Crippen LogP contribution in [0.1, 0.15) is 50.5 Å². The van der Waals surface area contributed by atoms with Gasteiger partial charge in [-0.25, -0.2) is 9.59 Å². The van der Waals surface area contributed by atoms with Crippen molar-refractivity contribution in [2.24, 2.45) is 0 Å². The van der Waals surface area contributed by atoms with Gasteiger partial charge in [0.05, 0.1) is 7.11 Å². The maximum absolute atomic E-state index is 12.3. The van der Waals surface area contributed by atoms with Crippen molar-refractivity contribution in [3.63, 3.8) is 0 Å². The zero-order chi connectivity index (χ0) is 17.2. The number of esters is 1. The van der Waals surface area contributed by atoms with Gasteiger partial charge in [-0.3, -0.25) is 0 Å². The number of hydrogen-bond donors (Lipinski definition) is 2. The lowest BCUT2D eigenvalue weighted by Crippen LogP contribution is -2.50. The van der Waals surface area contributed by atoms with Crippen LogP contribution in [0.5, 0.6) is 0 Å². The van der Waals surface area contributed by atoms with Gasteiger partial charge >= 0.3 is 12.0 Å². The van der Waals surface area contributed by atoms with Crippen molar-refractivity contribution in [3.05, 3.63) is 35.9 Å². The Morgan fingerprint density at radius 2 is 1.71 bits per heavy atom. The summed E-state index contributed by atoms with van der Waals surface area (Å²) in [6.07, 6.45) is 8.50. The largest absolute Gasteiger partial charge is 0.467 e. The van der Waals surface area contributed by atoms with Gasteiger partial charge in [-0.1, -0.05) is 62.4 Å². The number of amides is 2. The molecule has 1 fully saturated rings. The van der Waals surface area contributed by atoms with Crippen LogP contribution < -0.4 is 10.6 Å². The van der Waals surface area contributed by atoms with Crippen LogP contribution in [0.3, 0.4) is 0 Å². The van der Waals surface area contributed by atoms with Crippen LogP contribution >= 0.6 is 0 Å². The van der Waals surface area contributed by atoms with Gasteiger partial charge in [0, 0.05) is 12.5 Å². The summed E-state index contributed by atoms with van der Waals surface area (Å²) < 4.78 is 4.83. The smallest absolute Gasteiger partial charge is 0.328 e. The Balaban J connectivity index is 1.90. The van der Waals surface area contributed by atoms with Crippen molar-refractivity contribution in [2.45, 2.75) is 63.5 Å². The first-order valence-corrected chi connectivity index (χ1v) is 8.88. The molecule has 5 nitrogen and oxygen atoms in total. The van der Waals surface area contributed by atoms with Gasteiger partial charge in [0.2, 0.25) is 0 Å². The molecule has 2 N–H and O–H groups in total. The first kappa shape index (κ1) is 18.3. The maximum atomic E-state index is 12.3. The molecule has 1 saturated carbocycles. The number of benzene rings is 1. The van der Waals surface area contributed by atoms with Crippen LogP contribution in [0, 0.1) is 0 Å². The van der Waals surface area contributed by atoms with E-state index >= 15 is 0 Å². The molecule has 0 radical (unpaired) electrons. The number of nitrogens with one attached hydrogen (secondary N) is 2. The lowest BCUT2D eigenvalue weighted by atomic mass is 9.97. The predicted octanol–water partition coefficient (Wildman–Crippen LogP) is 3.18. The number of ether oxygens (including phenoxy) is 1. The van der Waals surface area contributed by atoms with E-state index < -0.39 is 12.0 Å². The van der Waals surface area contributed by atoms with Gasteiger partial charge in [-0.15, -0.1) is 0 Å². The number of carbonyl (C=O) groups excluding carboxylic acids is 2. The fourth-order valence-corrected chi connectivity index (χ4v) is 3.17. The molecule has 5 heteroatoms. The van der Waals surface area contributed by atoms with Crippen molar-refractivity contribution in [1.29, 1.82) is 0 Å². The zero-order valence-corrected chi connectivity index (χ0v) is 14.4. The summed E-state index contributed by atoms with van der Waals surface area (Å²) in [6.45, 7) is 0. The molecule has 2 rings (SSSR count). The predicted molar refractivity (Wildman–Crippen MR) is 93.7 cm³/mol. The summed E-state index contributed by atoms with van der Waals surface area (Å²) in [6, 6.07) is 8.86. The quantitative estimate of drug-likeness (QED) is 0.814. The summed E-state index contributed by atoms with van der Waals surface area (Å²) in [7, 11) is 1.34. The highest BCUT2D eigenvalue weighted by Crippen LogP contribution is 2.17. The molecule has 0 aromatic heterocycles. The Morgan fingerprint density at radius 3 is 2.33 bits per heavy atom. The average Bonchev–Trinajstić information content (AvgIpc) is 2.57. The fourth-order valence-electron chi connectivity index (χ4n) is 3.17. The Hall–Kier alpha value is -2.04. The van der Waals surface area contributed by atoms with E-state index in [-0.39, 0.29) is 12.1 Å². The summed E-state index contributed by atoms with van der Waals surface area (Å²) in [5.74, 6) is -0.424. The van der Waals surface area contributed by atoms with E-state index in [0.29, 0.717) is 6.42 Å². The third-order valence-corrected chi connectivity index (χ3v) is 4.51. The van der Waals surface area contributed by atoms with E-state index in [1.807, 2.05) is 30.3 Å². The van der Waals surface area contributed by atoms with Gasteiger partial charge in [-0.05, 0) is 18.4 Å². The van der Waals surface area contributed by atoms with E-state index in [9.17, 15) is 9.59 Å². The van der Waals surface area contributed by atoms with Crippen molar-refractivity contribution in [2.75, 3.05) is 7.11 Å². The average molecular weight is 332 g/mol. The van der Waals surface area contributed by atoms with Gasteiger partial charge in [0.15, 0.2) is 0 Å². The number of rotatable bonds is 5. The molecule has 24 heavy (non-hydrogen) atoms. The lowest BCUT2D eigenvalue weighted by Gasteiger charge is -2.23. The van der Waals surface area contributed by atoms with E-state index in [0.717, 1.165) is 31.2 Å². The molecule has 0 heterocycles. The molecule has 1 aromatic rings. The molecule has 1 aromatic carbocycles. The molecular formula is C19H28N2O3. The molecule has 1 aliphatic rings. The van der Waals surface area contributed by atoms with Gasteiger partial charge in [0.25, 0.3) is 0 Å². The first-order chi connectivity index (χ1) is 11.7. The van der Waals surface area contributed by atoms with Crippen LogP contribution in [-0.4, -0.2) is 31.2 Å². The summed E-state index contributed by atoms with van der Waals surface area (Å²) >= 11 is 0. The minimum absolute atomic E-state index is 0.195. The van der Waals surface area contributed by atoms with Gasteiger partial charge < -0.3 is 15.4 Å². The molecule has 0 saturated heterocycles. The van der Waals surface area contributed by atoms with Crippen molar-refractivity contribution in [3.8, 4) is 0 Å². The highest BCUT2D eigenvalue weighted by atomic mass is 16.5. The highest BCUT2D eigenvalue weighted by Gasteiger charge is 2.23. The van der Waals surface area contributed by atoms with Crippen LogP contribution in [0.15, 0.2) is 30.3 Å². The molecule has 1 unspecified atom stereocenters. The molecule has 0 aliphatic heterocycles.